The fourth-order valence-corrected chi connectivity index (χ4v) is 4.34. The number of likely N-dealkylation sites (N-methyl/N-ethyl adjacent to an activating group) is 1. The average Bonchev–Trinajstić information content (AvgIpc) is 2.53. The largest absolute Gasteiger partial charge is 0.495 e. The van der Waals surface area contributed by atoms with Gasteiger partial charge in [0.15, 0.2) is 0 Å². The molecule has 21 heavy (non-hydrogen) atoms. The summed E-state index contributed by atoms with van der Waals surface area (Å²) in [6, 6.07) is 7.02. The lowest BCUT2D eigenvalue weighted by atomic mass is 10.1. The van der Waals surface area contributed by atoms with Crippen molar-refractivity contribution in [1.82, 2.24) is 9.62 Å². The highest BCUT2D eigenvalue weighted by atomic mass is 32.2. The molecule has 2 rings (SSSR count). The van der Waals surface area contributed by atoms with Gasteiger partial charge in [-0.3, -0.25) is 0 Å². The number of benzene rings is 1. The minimum absolute atomic E-state index is 0.239. The molecule has 1 unspecified atom stereocenters. The number of ether oxygens (including phenoxy) is 1. The van der Waals surface area contributed by atoms with E-state index in [4.69, 9.17) is 4.74 Å². The van der Waals surface area contributed by atoms with Crippen molar-refractivity contribution in [3.05, 3.63) is 24.3 Å². The number of nitrogens with zero attached hydrogens (tertiary/aromatic N) is 1. The Hall–Kier alpha value is -1.11. The highest BCUT2D eigenvalue weighted by molar-refractivity contribution is 7.89. The molecule has 1 aliphatic rings. The molecule has 1 N–H and O–H groups in total. The first-order valence-electron chi connectivity index (χ1n) is 7.46. The van der Waals surface area contributed by atoms with Crippen molar-refractivity contribution in [1.29, 1.82) is 0 Å². The molecule has 5 nitrogen and oxygen atoms in total. The quantitative estimate of drug-likeness (QED) is 0.871. The summed E-state index contributed by atoms with van der Waals surface area (Å²) < 4.78 is 32.4. The molecule has 0 bridgehead atoms. The van der Waals surface area contributed by atoms with E-state index in [1.165, 1.54) is 17.8 Å². The first kappa shape index (κ1) is 16.3. The van der Waals surface area contributed by atoms with Crippen molar-refractivity contribution in [2.75, 3.05) is 26.7 Å². The SMILES string of the molecule is CCN(CC1CCCCN1)S(=O)(=O)c1ccccc1OC. The van der Waals surface area contributed by atoms with Crippen molar-refractivity contribution in [3.8, 4) is 5.75 Å². The molecule has 1 saturated heterocycles. The van der Waals surface area contributed by atoms with Gasteiger partial charge in [0.05, 0.1) is 7.11 Å². The average molecular weight is 312 g/mol. The molecular weight excluding hydrogens is 288 g/mol. The van der Waals surface area contributed by atoms with Gasteiger partial charge in [-0.15, -0.1) is 0 Å². The smallest absolute Gasteiger partial charge is 0.246 e. The predicted molar refractivity (Wildman–Crippen MR) is 83.1 cm³/mol. The van der Waals surface area contributed by atoms with Crippen molar-refractivity contribution < 1.29 is 13.2 Å². The number of sulfonamides is 1. The van der Waals surface area contributed by atoms with Crippen LogP contribution in [-0.2, 0) is 10.0 Å². The zero-order chi connectivity index (χ0) is 15.3. The Morgan fingerprint density at radius 1 is 1.33 bits per heavy atom. The van der Waals surface area contributed by atoms with Crippen molar-refractivity contribution in [3.63, 3.8) is 0 Å². The molecule has 118 valence electrons. The van der Waals surface area contributed by atoms with Gasteiger partial charge in [0.25, 0.3) is 0 Å². The Kier molecular flexibility index (Phi) is 5.61. The van der Waals surface area contributed by atoms with Gasteiger partial charge in [0.2, 0.25) is 10.0 Å². The van der Waals surface area contributed by atoms with Crippen LogP contribution in [0.4, 0.5) is 0 Å². The van der Waals surface area contributed by atoms with Crippen LogP contribution in [0.25, 0.3) is 0 Å². The van der Waals surface area contributed by atoms with Crippen molar-refractivity contribution in [2.45, 2.75) is 37.1 Å². The summed E-state index contributed by atoms with van der Waals surface area (Å²) in [6.07, 6.45) is 3.35. The lowest BCUT2D eigenvalue weighted by Gasteiger charge is -2.29. The molecule has 0 saturated carbocycles. The first-order chi connectivity index (χ1) is 10.1. The monoisotopic (exact) mass is 312 g/mol. The van der Waals surface area contributed by atoms with Gasteiger partial charge in [-0.2, -0.15) is 4.31 Å². The van der Waals surface area contributed by atoms with Gasteiger partial charge >= 0.3 is 0 Å². The number of hydrogen-bond acceptors (Lipinski definition) is 4. The molecule has 6 heteroatoms. The van der Waals surface area contributed by atoms with Crippen LogP contribution in [0.15, 0.2) is 29.2 Å². The van der Waals surface area contributed by atoms with E-state index in [1.54, 1.807) is 24.3 Å². The normalized spacial score (nSPS) is 19.7. The van der Waals surface area contributed by atoms with Gasteiger partial charge < -0.3 is 10.1 Å². The minimum atomic E-state index is -3.52. The van der Waals surface area contributed by atoms with Crippen molar-refractivity contribution >= 4 is 10.0 Å². The second-order valence-electron chi connectivity index (χ2n) is 5.25. The van der Waals surface area contributed by atoms with Gasteiger partial charge in [-0.25, -0.2) is 8.42 Å². The Bertz CT molecular complexity index is 554. The molecule has 1 atom stereocenters. The molecule has 0 aromatic heterocycles. The summed E-state index contributed by atoms with van der Waals surface area (Å²) in [5.74, 6) is 0.396. The topological polar surface area (TPSA) is 58.6 Å². The maximum absolute atomic E-state index is 12.8. The third kappa shape index (κ3) is 3.75. The summed E-state index contributed by atoms with van der Waals surface area (Å²) in [4.78, 5) is 0.241. The van der Waals surface area contributed by atoms with Crippen molar-refractivity contribution in [2.24, 2.45) is 0 Å². The maximum atomic E-state index is 12.8. The second kappa shape index (κ2) is 7.24. The highest BCUT2D eigenvalue weighted by Crippen LogP contribution is 2.26. The van der Waals surface area contributed by atoms with E-state index in [2.05, 4.69) is 5.32 Å². The van der Waals surface area contributed by atoms with E-state index in [-0.39, 0.29) is 10.9 Å². The molecule has 0 amide bonds. The molecule has 0 aliphatic carbocycles. The predicted octanol–water partition coefficient (Wildman–Crippen LogP) is 1.85. The number of hydrogen-bond donors (Lipinski definition) is 1. The summed E-state index contributed by atoms with van der Waals surface area (Å²) in [5.41, 5.74) is 0. The van der Waals surface area contributed by atoms with Crippen LogP contribution in [-0.4, -0.2) is 45.5 Å². The van der Waals surface area contributed by atoms with Crippen LogP contribution in [0.1, 0.15) is 26.2 Å². The lowest BCUT2D eigenvalue weighted by molar-refractivity contribution is 0.318. The molecule has 0 spiro atoms. The third-order valence-corrected chi connectivity index (χ3v) is 5.86. The van der Waals surface area contributed by atoms with Crippen LogP contribution in [0, 0.1) is 0 Å². The van der Waals surface area contributed by atoms with Gasteiger partial charge in [-0.1, -0.05) is 25.5 Å². The molecular formula is C15H24N2O3S. The van der Waals surface area contributed by atoms with E-state index in [1.807, 2.05) is 6.92 Å². The fraction of sp³-hybridized carbons (Fsp3) is 0.600. The second-order valence-corrected chi connectivity index (χ2v) is 7.16. The number of piperidine rings is 1. The molecule has 1 fully saturated rings. The molecule has 1 aromatic carbocycles. The summed E-state index contributed by atoms with van der Waals surface area (Å²) in [5, 5.41) is 3.40. The van der Waals surface area contributed by atoms with Gasteiger partial charge in [-0.05, 0) is 31.5 Å². The Morgan fingerprint density at radius 3 is 2.71 bits per heavy atom. The van der Waals surface area contributed by atoms with E-state index < -0.39 is 10.0 Å². The maximum Gasteiger partial charge on any atom is 0.246 e. The molecule has 1 aromatic rings. The fourth-order valence-electron chi connectivity index (χ4n) is 2.69. The zero-order valence-corrected chi connectivity index (χ0v) is 13.5. The summed E-state index contributed by atoms with van der Waals surface area (Å²) in [6.45, 7) is 3.81. The van der Waals surface area contributed by atoms with Crippen LogP contribution < -0.4 is 10.1 Å². The standard InChI is InChI=1S/C15H24N2O3S/c1-3-17(12-13-8-6-7-11-16-13)21(18,19)15-10-5-4-9-14(15)20-2/h4-5,9-10,13,16H,3,6-8,11-12H2,1-2H3. The number of methoxy groups -OCH3 is 1. The molecule has 1 heterocycles. The van der Waals surface area contributed by atoms with Gasteiger partial charge in [0, 0.05) is 19.1 Å². The Balaban J connectivity index is 2.22. The van der Waals surface area contributed by atoms with E-state index in [9.17, 15) is 8.42 Å². The first-order valence-corrected chi connectivity index (χ1v) is 8.90. The van der Waals surface area contributed by atoms with E-state index >= 15 is 0 Å². The Morgan fingerprint density at radius 2 is 2.10 bits per heavy atom. The summed E-state index contributed by atoms with van der Waals surface area (Å²) >= 11 is 0. The minimum Gasteiger partial charge on any atom is -0.495 e. The Labute approximate surface area is 127 Å². The van der Waals surface area contributed by atoms with E-state index in [0.29, 0.717) is 18.8 Å². The van der Waals surface area contributed by atoms with Crippen LogP contribution in [0.3, 0.4) is 0 Å². The van der Waals surface area contributed by atoms with Gasteiger partial charge in [0.1, 0.15) is 10.6 Å². The number of rotatable bonds is 6. The van der Waals surface area contributed by atoms with E-state index in [0.717, 1.165) is 19.4 Å². The molecule has 0 radical (unpaired) electrons. The lowest BCUT2D eigenvalue weighted by Crippen LogP contribution is -2.45. The highest BCUT2D eigenvalue weighted by Gasteiger charge is 2.28. The zero-order valence-electron chi connectivity index (χ0n) is 12.7. The third-order valence-electron chi connectivity index (χ3n) is 3.88. The van der Waals surface area contributed by atoms with Crippen LogP contribution in [0.2, 0.25) is 0 Å². The number of para-hydroxylation sites is 1. The summed E-state index contributed by atoms with van der Waals surface area (Å²) in [7, 11) is -2.03. The van der Waals surface area contributed by atoms with Crippen LogP contribution >= 0.6 is 0 Å². The number of nitrogens with one attached hydrogen (secondary N) is 1. The molecule has 1 aliphatic heterocycles. The van der Waals surface area contributed by atoms with Crippen LogP contribution in [0.5, 0.6) is 5.75 Å².